The minimum atomic E-state index is -0.0874. The maximum atomic E-state index is 12.2. The number of nitrogens with zero attached hydrogens (tertiary/aromatic N) is 4. The minimum Gasteiger partial charge on any atom is -0.384 e. The van der Waals surface area contributed by atoms with Gasteiger partial charge < -0.3 is 9.72 Å². The molecule has 1 N–H and O–H groups in total. The number of piperidine rings is 1. The Morgan fingerprint density at radius 2 is 2.21 bits per heavy atom. The van der Waals surface area contributed by atoms with Gasteiger partial charge in [0.1, 0.15) is 11.6 Å². The van der Waals surface area contributed by atoms with Crippen molar-refractivity contribution in [1.82, 2.24) is 24.8 Å². The Bertz CT molecular complexity index is 971. The predicted molar refractivity (Wildman–Crippen MR) is 113 cm³/mol. The lowest BCUT2D eigenvalue weighted by Gasteiger charge is -2.32. The number of nitrogens with one attached hydrogen (secondary N) is 1. The van der Waals surface area contributed by atoms with Crippen LogP contribution in [0.1, 0.15) is 35.8 Å². The van der Waals surface area contributed by atoms with Gasteiger partial charge in [-0.2, -0.15) is 0 Å². The van der Waals surface area contributed by atoms with Crippen LogP contribution in [0.2, 0.25) is 0 Å². The number of aromatic nitrogens is 4. The average Bonchev–Trinajstić information content (AvgIpc) is 3.28. The smallest absolute Gasteiger partial charge is 0.251 e. The zero-order valence-electron chi connectivity index (χ0n) is 16.5. The van der Waals surface area contributed by atoms with Crippen molar-refractivity contribution in [2.45, 2.75) is 31.7 Å². The molecule has 29 heavy (non-hydrogen) atoms. The lowest BCUT2D eigenvalue weighted by Crippen LogP contribution is -2.34. The third kappa shape index (κ3) is 5.14. The number of rotatable bonds is 7. The molecule has 4 rings (SSSR count). The zero-order chi connectivity index (χ0) is 20.1. The molecule has 0 aromatic carbocycles. The molecular formula is C21H25N5O2S. The quantitative estimate of drug-likeness (QED) is 0.644. The van der Waals surface area contributed by atoms with Gasteiger partial charge in [0.15, 0.2) is 0 Å². The van der Waals surface area contributed by atoms with Crippen molar-refractivity contribution < 1.29 is 4.74 Å². The van der Waals surface area contributed by atoms with Gasteiger partial charge in [-0.3, -0.25) is 9.69 Å². The molecule has 0 bridgehead atoms. The van der Waals surface area contributed by atoms with Crippen LogP contribution in [0.5, 0.6) is 0 Å². The van der Waals surface area contributed by atoms with E-state index in [0.29, 0.717) is 12.4 Å². The van der Waals surface area contributed by atoms with E-state index in [1.54, 1.807) is 24.5 Å². The van der Waals surface area contributed by atoms with Crippen molar-refractivity contribution in [1.29, 1.82) is 0 Å². The fourth-order valence-corrected chi connectivity index (χ4v) is 4.37. The van der Waals surface area contributed by atoms with E-state index in [2.05, 4.69) is 19.9 Å². The first kappa shape index (κ1) is 19.9. The molecule has 3 aromatic rings. The highest BCUT2D eigenvalue weighted by Gasteiger charge is 2.23. The van der Waals surface area contributed by atoms with E-state index < -0.39 is 0 Å². The highest BCUT2D eigenvalue weighted by molar-refractivity contribution is 7.13. The summed E-state index contributed by atoms with van der Waals surface area (Å²) >= 11 is 1.58. The number of likely N-dealkylation sites (tertiary alicyclic amines) is 1. The second kappa shape index (κ2) is 9.39. The average molecular weight is 412 g/mol. The number of ether oxygens (including phenoxy) is 1. The Morgan fingerprint density at radius 1 is 1.34 bits per heavy atom. The summed E-state index contributed by atoms with van der Waals surface area (Å²) in [6.45, 7) is 3.35. The van der Waals surface area contributed by atoms with E-state index in [0.717, 1.165) is 60.9 Å². The van der Waals surface area contributed by atoms with Gasteiger partial charge >= 0.3 is 0 Å². The van der Waals surface area contributed by atoms with Crippen molar-refractivity contribution in [2.75, 3.05) is 26.8 Å². The summed E-state index contributed by atoms with van der Waals surface area (Å²) in [5, 5.41) is 1.99. The van der Waals surface area contributed by atoms with Crippen LogP contribution in [0.4, 0.5) is 0 Å². The normalized spacial score (nSPS) is 17.5. The summed E-state index contributed by atoms with van der Waals surface area (Å²) in [5.74, 6) is 1.73. The molecule has 1 aliphatic rings. The number of hydrogen-bond donors (Lipinski definition) is 1. The lowest BCUT2D eigenvalue weighted by atomic mass is 9.94. The summed E-state index contributed by atoms with van der Waals surface area (Å²) in [5.41, 5.74) is 1.90. The van der Waals surface area contributed by atoms with Crippen molar-refractivity contribution in [3.05, 3.63) is 63.4 Å². The summed E-state index contributed by atoms with van der Waals surface area (Å²) in [4.78, 5) is 32.1. The molecule has 3 aromatic heterocycles. The maximum Gasteiger partial charge on any atom is 0.251 e. The third-order valence-corrected chi connectivity index (χ3v) is 6.01. The first-order valence-corrected chi connectivity index (χ1v) is 10.8. The second-order valence-electron chi connectivity index (χ2n) is 7.32. The lowest BCUT2D eigenvalue weighted by molar-refractivity contribution is 0.197. The molecule has 0 aliphatic carbocycles. The molecule has 1 fully saturated rings. The van der Waals surface area contributed by atoms with Crippen molar-refractivity contribution in [3.8, 4) is 10.7 Å². The predicted octanol–water partition coefficient (Wildman–Crippen LogP) is 2.86. The summed E-state index contributed by atoms with van der Waals surface area (Å²) in [7, 11) is 1.68. The zero-order valence-corrected chi connectivity index (χ0v) is 17.3. The van der Waals surface area contributed by atoms with Gasteiger partial charge in [0.2, 0.25) is 0 Å². The Balaban J connectivity index is 1.44. The van der Waals surface area contributed by atoms with Crippen molar-refractivity contribution >= 4 is 11.3 Å². The third-order valence-electron chi connectivity index (χ3n) is 5.13. The standard InChI is InChI=1S/C21H25N5O2S/c1-28-8-6-19-22-11-15(12-23-19)13-26-7-2-4-16(14-26)17-10-20(27)25-21(24-17)18-5-3-9-29-18/h3,5,9-12,16H,2,4,6-8,13-14H2,1H3,(H,24,25,27). The van der Waals surface area contributed by atoms with Crippen LogP contribution in [0.3, 0.4) is 0 Å². The number of thiophene rings is 1. The summed E-state index contributed by atoms with van der Waals surface area (Å²) in [6.07, 6.45) is 6.66. The Labute approximate surface area is 173 Å². The highest BCUT2D eigenvalue weighted by atomic mass is 32.1. The van der Waals surface area contributed by atoms with Gasteiger partial charge in [-0.05, 0) is 30.8 Å². The summed E-state index contributed by atoms with van der Waals surface area (Å²) in [6, 6.07) is 5.60. The largest absolute Gasteiger partial charge is 0.384 e. The highest BCUT2D eigenvalue weighted by Crippen LogP contribution is 2.28. The monoisotopic (exact) mass is 411 g/mol. The van der Waals surface area contributed by atoms with E-state index in [1.165, 1.54) is 0 Å². The number of methoxy groups -OCH3 is 1. The Morgan fingerprint density at radius 3 is 2.97 bits per heavy atom. The van der Waals surface area contributed by atoms with Crippen LogP contribution in [-0.2, 0) is 17.7 Å². The number of aromatic amines is 1. The van der Waals surface area contributed by atoms with Gasteiger partial charge in [0.05, 0.1) is 17.2 Å². The van der Waals surface area contributed by atoms with Crippen LogP contribution in [0.25, 0.3) is 10.7 Å². The molecule has 0 radical (unpaired) electrons. The van der Waals surface area contributed by atoms with Gasteiger partial charge in [0, 0.05) is 56.6 Å². The molecule has 1 atom stereocenters. The van der Waals surface area contributed by atoms with E-state index in [1.807, 2.05) is 29.9 Å². The van der Waals surface area contributed by atoms with Crippen molar-refractivity contribution in [2.24, 2.45) is 0 Å². The van der Waals surface area contributed by atoms with Gasteiger partial charge in [-0.15, -0.1) is 11.3 Å². The van der Waals surface area contributed by atoms with Crippen LogP contribution in [-0.4, -0.2) is 51.6 Å². The Kier molecular flexibility index (Phi) is 6.43. The SMILES string of the molecule is COCCc1ncc(CN2CCCC(c3cc(=O)[nH]c(-c4cccs4)n3)C2)cn1. The molecule has 1 saturated heterocycles. The van der Waals surface area contributed by atoms with E-state index in [-0.39, 0.29) is 11.5 Å². The van der Waals surface area contributed by atoms with E-state index in [9.17, 15) is 4.79 Å². The molecular weight excluding hydrogens is 386 g/mol. The molecule has 0 saturated carbocycles. The van der Waals surface area contributed by atoms with E-state index >= 15 is 0 Å². The molecule has 0 amide bonds. The van der Waals surface area contributed by atoms with Gasteiger partial charge in [0.25, 0.3) is 5.56 Å². The molecule has 7 nitrogen and oxygen atoms in total. The molecule has 0 spiro atoms. The fourth-order valence-electron chi connectivity index (χ4n) is 3.70. The maximum absolute atomic E-state index is 12.2. The fraction of sp³-hybridized carbons (Fsp3) is 0.429. The number of hydrogen-bond acceptors (Lipinski definition) is 7. The second-order valence-corrected chi connectivity index (χ2v) is 8.27. The van der Waals surface area contributed by atoms with Crippen LogP contribution < -0.4 is 5.56 Å². The minimum absolute atomic E-state index is 0.0874. The van der Waals surface area contributed by atoms with Gasteiger partial charge in [-0.25, -0.2) is 15.0 Å². The first-order chi connectivity index (χ1) is 14.2. The first-order valence-electron chi connectivity index (χ1n) is 9.87. The molecule has 4 heterocycles. The Hall–Kier alpha value is -2.42. The molecule has 8 heteroatoms. The number of H-pyrrole nitrogens is 1. The van der Waals surface area contributed by atoms with Crippen LogP contribution in [0, 0.1) is 0 Å². The van der Waals surface area contributed by atoms with Crippen molar-refractivity contribution in [3.63, 3.8) is 0 Å². The topological polar surface area (TPSA) is 84.0 Å². The van der Waals surface area contributed by atoms with Gasteiger partial charge in [-0.1, -0.05) is 6.07 Å². The molecule has 152 valence electrons. The van der Waals surface area contributed by atoms with Crippen LogP contribution in [0.15, 0.2) is 40.8 Å². The summed E-state index contributed by atoms with van der Waals surface area (Å²) < 4.78 is 5.07. The van der Waals surface area contributed by atoms with E-state index in [4.69, 9.17) is 9.72 Å². The van der Waals surface area contributed by atoms with Crippen LogP contribution >= 0.6 is 11.3 Å². The molecule has 1 aliphatic heterocycles. The molecule has 1 unspecified atom stereocenters.